The number of aliphatic hydroxyl groups excluding tert-OH is 1. The van der Waals surface area contributed by atoms with Crippen molar-refractivity contribution in [2.24, 2.45) is 0 Å². The number of hydrogen-bond donors (Lipinski definition) is 1. The smallest absolute Gasteiger partial charge is 0.0542 e. The number of rotatable bonds is 1. The van der Waals surface area contributed by atoms with Gasteiger partial charge in [-0.15, -0.1) is 0 Å². The van der Waals surface area contributed by atoms with Gasteiger partial charge in [-0.05, 0) is 12.0 Å². The Hall–Kier alpha value is 0.177. The molecule has 1 aliphatic carbocycles. The summed E-state index contributed by atoms with van der Waals surface area (Å²) in [6.45, 7) is 4.62. The lowest BCUT2D eigenvalue weighted by atomic mass is 9.97. The Morgan fingerprint density at radius 3 is 2.20 bits per heavy atom. The normalized spacial score (nSPS) is 34.8. The standard InChI is InChI=1S/C8H17OSi/c1-10(2)8-6-4-3-5-7(8)9/h7-9H,3-6H2,1-2H3/t7-,8+/m0/s1. The SMILES string of the molecule is C[Si](C)[C@@H]1CCCC[C@@H]1O. The van der Waals surface area contributed by atoms with E-state index in [9.17, 15) is 5.11 Å². The van der Waals surface area contributed by atoms with E-state index in [1.54, 1.807) is 0 Å². The second kappa shape index (κ2) is 3.53. The van der Waals surface area contributed by atoms with Gasteiger partial charge in [0.05, 0.1) is 6.10 Å². The highest BCUT2D eigenvalue weighted by Crippen LogP contribution is 2.31. The molecule has 0 aliphatic heterocycles. The molecule has 0 aromatic rings. The minimum Gasteiger partial charge on any atom is -0.393 e. The van der Waals surface area contributed by atoms with Crippen LogP contribution in [0, 0.1) is 0 Å². The molecule has 0 aromatic carbocycles. The van der Waals surface area contributed by atoms with E-state index in [0.29, 0.717) is 5.54 Å². The van der Waals surface area contributed by atoms with Gasteiger partial charge in [0, 0.05) is 8.80 Å². The lowest BCUT2D eigenvalue weighted by Crippen LogP contribution is -2.28. The summed E-state index contributed by atoms with van der Waals surface area (Å²) in [5.74, 6) is 0. The molecule has 1 fully saturated rings. The lowest BCUT2D eigenvalue weighted by molar-refractivity contribution is 0.129. The molecule has 2 heteroatoms. The van der Waals surface area contributed by atoms with Gasteiger partial charge in [0.25, 0.3) is 0 Å². The Bertz CT molecular complexity index is 103. The topological polar surface area (TPSA) is 20.2 Å². The second-order valence-corrected chi connectivity index (χ2v) is 6.43. The van der Waals surface area contributed by atoms with Crippen molar-refractivity contribution >= 4 is 8.80 Å². The predicted molar refractivity (Wildman–Crippen MR) is 45.7 cm³/mol. The minimum absolute atomic E-state index is 0.0395. The highest BCUT2D eigenvalue weighted by molar-refractivity contribution is 6.57. The van der Waals surface area contributed by atoms with E-state index in [1.165, 1.54) is 19.3 Å². The molecule has 59 valence electrons. The maximum Gasteiger partial charge on any atom is 0.0542 e. The molecule has 0 bridgehead atoms. The van der Waals surface area contributed by atoms with Crippen LogP contribution in [-0.2, 0) is 0 Å². The zero-order valence-electron chi connectivity index (χ0n) is 6.93. The summed E-state index contributed by atoms with van der Waals surface area (Å²) in [4.78, 5) is 0. The van der Waals surface area contributed by atoms with Gasteiger partial charge in [0.1, 0.15) is 0 Å². The van der Waals surface area contributed by atoms with Gasteiger partial charge in [0.2, 0.25) is 0 Å². The highest BCUT2D eigenvalue weighted by Gasteiger charge is 2.25. The predicted octanol–water partition coefficient (Wildman–Crippen LogP) is 2.05. The molecule has 0 aromatic heterocycles. The summed E-state index contributed by atoms with van der Waals surface area (Å²) in [6, 6.07) is 0. The molecule has 2 atom stereocenters. The van der Waals surface area contributed by atoms with Crippen molar-refractivity contribution in [3.63, 3.8) is 0 Å². The summed E-state index contributed by atoms with van der Waals surface area (Å²) in [5.41, 5.74) is 0.679. The third-order valence-corrected chi connectivity index (χ3v) is 4.63. The van der Waals surface area contributed by atoms with E-state index in [-0.39, 0.29) is 14.9 Å². The molecule has 1 aliphatic rings. The monoisotopic (exact) mass is 157 g/mol. The summed E-state index contributed by atoms with van der Waals surface area (Å²) in [6.07, 6.45) is 4.96. The van der Waals surface area contributed by atoms with Crippen molar-refractivity contribution in [3.05, 3.63) is 0 Å². The summed E-state index contributed by atoms with van der Waals surface area (Å²) in [5, 5.41) is 9.56. The summed E-state index contributed by atoms with van der Waals surface area (Å²) in [7, 11) is -0.234. The fraction of sp³-hybridized carbons (Fsp3) is 1.00. The molecule has 0 heterocycles. The molecular weight excluding hydrogens is 140 g/mol. The molecule has 1 rings (SSSR count). The zero-order chi connectivity index (χ0) is 7.56. The van der Waals surface area contributed by atoms with E-state index < -0.39 is 0 Å². The fourth-order valence-corrected chi connectivity index (χ4v) is 3.50. The first-order valence-corrected chi connectivity index (χ1v) is 6.77. The van der Waals surface area contributed by atoms with E-state index in [1.807, 2.05) is 0 Å². The Kier molecular flexibility index (Phi) is 2.92. The van der Waals surface area contributed by atoms with Crippen LogP contribution in [-0.4, -0.2) is 20.0 Å². The van der Waals surface area contributed by atoms with Crippen molar-refractivity contribution in [2.75, 3.05) is 0 Å². The average molecular weight is 157 g/mol. The second-order valence-electron chi connectivity index (χ2n) is 3.54. The maximum atomic E-state index is 9.56. The zero-order valence-corrected chi connectivity index (χ0v) is 7.93. The highest BCUT2D eigenvalue weighted by atomic mass is 28.3. The van der Waals surface area contributed by atoms with Gasteiger partial charge in [-0.2, -0.15) is 0 Å². The van der Waals surface area contributed by atoms with E-state index in [4.69, 9.17) is 0 Å². The molecule has 1 nitrogen and oxygen atoms in total. The van der Waals surface area contributed by atoms with Crippen LogP contribution in [0.25, 0.3) is 0 Å². The summed E-state index contributed by atoms with van der Waals surface area (Å²) < 4.78 is 0. The van der Waals surface area contributed by atoms with Crippen LogP contribution in [0.3, 0.4) is 0 Å². The largest absolute Gasteiger partial charge is 0.393 e. The Labute approximate surface area is 65.1 Å². The van der Waals surface area contributed by atoms with Gasteiger partial charge in [-0.25, -0.2) is 0 Å². The third kappa shape index (κ3) is 1.83. The number of hydrogen-bond acceptors (Lipinski definition) is 1. The lowest BCUT2D eigenvalue weighted by Gasteiger charge is -2.29. The molecular formula is C8H17OSi. The first-order valence-electron chi connectivity index (χ1n) is 4.20. The molecule has 10 heavy (non-hydrogen) atoms. The van der Waals surface area contributed by atoms with Crippen molar-refractivity contribution in [2.45, 2.75) is 50.4 Å². The first-order chi connectivity index (χ1) is 4.72. The Morgan fingerprint density at radius 2 is 1.80 bits per heavy atom. The van der Waals surface area contributed by atoms with Crippen LogP contribution in [0.15, 0.2) is 0 Å². The van der Waals surface area contributed by atoms with Crippen LogP contribution in [0.2, 0.25) is 18.6 Å². The van der Waals surface area contributed by atoms with E-state index >= 15 is 0 Å². The van der Waals surface area contributed by atoms with Gasteiger partial charge in [-0.3, -0.25) is 0 Å². The molecule has 0 amide bonds. The quantitative estimate of drug-likeness (QED) is 0.578. The maximum absolute atomic E-state index is 9.56. The molecule has 1 N–H and O–H groups in total. The minimum atomic E-state index is -0.234. The van der Waals surface area contributed by atoms with E-state index in [2.05, 4.69) is 13.1 Å². The molecule has 0 unspecified atom stereocenters. The first kappa shape index (κ1) is 8.28. The summed E-state index contributed by atoms with van der Waals surface area (Å²) >= 11 is 0. The van der Waals surface area contributed by atoms with Crippen molar-refractivity contribution in [3.8, 4) is 0 Å². The van der Waals surface area contributed by atoms with E-state index in [0.717, 1.165) is 6.42 Å². The molecule has 1 radical (unpaired) electrons. The third-order valence-electron chi connectivity index (χ3n) is 2.47. The average Bonchev–Trinajstić information content (AvgIpc) is 1.88. The Balaban J connectivity index is 2.40. The molecule has 1 saturated carbocycles. The van der Waals surface area contributed by atoms with Crippen molar-refractivity contribution in [1.82, 2.24) is 0 Å². The van der Waals surface area contributed by atoms with Crippen LogP contribution in [0.1, 0.15) is 25.7 Å². The molecule has 0 saturated heterocycles. The van der Waals surface area contributed by atoms with Crippen LogP contribution in [0.5, 0.6) is 0 Å². The van der Waals surface area contributed by atoms with Gasteiger partial charge in [0.15, 0.2) is 0 Å². The van der Waals surface area contributed by atoms with Crippen LogP contribution < -0.4 is 0 Å². The van der Waals surface area contributed by atoms with Crippen molar-refractivity contribution in [1.29, 1.82) is 0 Å². The number of aliphatic hydroxyl groups is 1. The van der Waals surface area contributed by atoms with Crippen LogP contribution in [0.4, 0.5) is 0 Å². The van der Waals surface area contributed by atoms with Crippen LogP contribution >= 0.6 is 0 Å². The van der Waals surface area contributed by atoms with Gasteiger partial charge >= 0.3 is 0 Å². The molecule has 0 spiro atoms. The van der Waals surface area contributed by atoms with Gasteiger partial charge in [-0.1, -0.05) is 32.4 Å². The van der Waals surface area contributed by atoms with Crippen molar-refractivity contribution < 1.29 is 5.11 Å². The Morgan fingerprint density at radius 1 is 1.20 bits per heavy atom. The fourth-order valence-electron chi connectivity index (χ4n) is 1.78. The van der Waals surface area contributed by atoms with Gasteiger partial charge < -0.3 is 5.11 Å².